The smallest absolute Gasteiger partial charge is 0.240 e. The highest BCUT2D eigenvalue weighted by Crippen LogP contribution is 1.99. The average Bonchev–Trinajstić information content (AvgIpc) is 1.94. The summed E-state index contributed by atoms with van der Waals surface area (Å²) in [4.78, 5) is 12.1. The molecular formula is C6H9N3O. The van der Waals surface area contributed by atoms with Gasteiger partial charge in [0.2, 0.25) is 5.91 Å². The SMILES string of the molecule is CC1CNC(=O)CN1C#N. The summed E-state index contributed by atoms with van der Waals surface area (Å²) in [6.45, 7) is 2.69. The number of hydrogen-bond donors (Lipinski definition) is 1. The van der Waals surface area contributed by atoms with E-state index in [2.05, 4.69) is 5.32 Å². The number of carbonyl (C=O) groups excluding carboxylic acids is 1. The molecule has 10 heavy (non-hydrogen) atoms. The first kappa shape index (κ1) is 6.87. The molecule has 0 spiro atoms. The monoisotopic (exact) mass is 139 g/mol. The lowest BCUT2D eigenvalue weighted by Crippen LogP contribution is -2.50. The van der Waals surface area contributed by atoms with Crippen molar-refractivity contribution in [2.45, 2.75) is 13.0 Å². The van der Waals surface area contributed by atoms with Crippen LogP contribution in [0.15, 0.2) is 0 Å². The van der Waals surface area contributed by atoms with Gasteiger partial charge in [-0.05, 0) is 6.92 Å². The normalized spacial score (nSPS) is 25.4. The van der Waals surface area contributed by atoms with Crippen LogP contribution in [0.1, 0.15) is 6.92 Å². The van der Waals surface area contributed by atoms with Crippen molar-refractivity contribution >= 4 is 5.91 Å². The van der Waals surface area contributed by atoms with E-state index < -0.39 is 0 Å². The Hall–Kier alpha value is -1.24. The highest BCUT2D eigenvalue weighted by molar-refractivity contribution is 5.79. The molecular weight excluding hydrogens is 130 g/mol. The minimum Gasteiger partial charge on any atom is -0.352 e. The summed E-state index contributed by atoms with van der Waals surface area (Å²) in [6, 6.07) is 0.141. The average molecular weight is 139 g/mol. The second-order valence-electron chi connectivity index (χ2n) is 2.38. The molecule has 1 heterocycles. The molecule has 4 nitrogen and oxygen atoms in total. The Morgan fingerprint density at radius 2 is 2.60 bits per heavy atom. The molecule has 1 aliphatic heterocycles. The van der Waals surface area contributed by atoms with E-state index in [0.29, 0.717) is 6.54 Å². The first-order valence-corrected chi connectivity index (χ1v) is 3.17. The summed E-state index contributed by atoms with van der Waals surface area (Å²) in [7, 11) is 0. The molecule has 0 aromatic rings. The van der Waals surface area contributed by atoms with E-state index in [1.54, 1.807) is 0 Å². The van der Waals surface area contributed by atoms with Gasteiger partial charge in [-0.1, -0.05) is 0 Å². The van der Waals surface area contributed by atoms with Crippen molar-refractivity contribution in [1.82, 2.24) is 10.2 Å². The Balaban J connectivity index is 2.56. The van der Waals surface area contributed by atoms with Gasteiger partial charge in [0.05, 0.1) is 6.04 Å². The standard InChI is InChI=1S/C6H9N3O/c1-5-2-8-6(10)3-9(5)4-7/h5H,2-3H2,1H3,(H,8,10). The molecule has 0 radical (unpaired) electrons. The number of nitrogens with zero attached hydrogens (tertiary/aromatic N) is 2. The number of nitrogens with one attached hydrogen (secondary N) is 1. The van der Waals surface area contributed by atoms with E-state index in [1.807, 2.05) is 13.1 Å². The van der Waals surface area contributed by atoms with Gasteiger partial charge in [0, 0.05) is 6.54 Å². The van der Waals surface area contributed by atoms with Crippen LogP contribution < -0.4 is 5.32 Å². The van der Waals surface area contributed by atoms with E-state index in [1.165, 1.54) is 4.90 Å². The van der Waals surface area contributed by atoms with Crippen LogP contribution in [0.2, 0.25) is 0 Å². The van der Waals surface area contributed by atoms with Gasteiger partial charge in [0.1, 0.15) is 6.54 Å². The van der Waals surface area contributed by atoms with Gasteiger partial charge in [0.15, 0.2) is 6.19 Å². The fraction of sp³-hybridized carbons (Fsp3) is 0.667. The molecule has 1 aliphatic rings. The van der Waals surface area contributed by atoms with E-state index >= 15 is 0 Å². The summed E-state index contributed by atoms with van der Waals surface area (Å²) >= 11 is 0. The maximum atomic E-state index is 10.7. The van der Waals surface area contributed by atoms with E-state index in [4.69, 9.17) is 5.26 Å². The lowest BCUT2D eigenvalue weighted by Gasteiger charge is -2.27. The molecule has 0 aliphatic carbocycles. The molecule has 1 N–H and O–H groups in total. The minimum absolute atomic E-state index is 0.0698. The first-order chi connectivity index (χ1) is 4.74. The molecule has 1 fully saturated rings. The van der Waals surface area contributed by atoms with Crippen LogP contribution >= 0.6 is 0 Å². The van der Waals surface area contributed by atoms with Crippen molar-refractivity contribution in [3.63, 3.8) is 0 Å². The van der Waals surface area contributed by atoms with E-state index in [-0.39, 0.29) is 18.5 Å². The zero-order valence-electron chi connectivity index (χ0n) is 5.79. The highest BCUT2D eigenvalue weighted by Gasteiger charge is 2.20. The van der Waals surface area contributed by atoms with Crippen LogP contribution in [-0.4, -0.2) is 29.9 Å². The third-order valence-electron chi connectivity index (χ3n) is 1.57. The van der Waals surface area contributed by atoms with E-state index in [0.717, 1.165) is 0 Å². The summed E-state index contributed by atoms with van der Waals surface area (Å²) in [5, 5.41) is 11.1. The Labute approximate surface area is 59.4 Å². The van der Waals surface area contributed by atoms with Crippen LogP contribution in [0.3, 0.4) is 0 Å². The molecule has 0 saturated carbocycles. The molecule has 1 rings (SSSR count). The largest absolute Gasteiger partial charge is 0.352 e. The summed E-state index contributed by atoms with van der Waals surface area (Å²) in [5.41, 5.74) is 0. The third kappa shape index (κ3) is 1.18. The number of piperazine rings is 1. The second kappa shape index (κ2) is 2.56. The van der Waals surface area contributed by atoms with Gasteiger partial charge in [-0.15, -0.1) is 0 Å². The van der Waals surface area contributed by atoms with Gasteiger partial charge in [-0.25, -0.2) is 0 Å². The second-order valence-corrected chi connectivity index (χ2v) is 2.38. The predicted octanol–water partition coefficient (Wildman–Crippen LogP) is -0.712. The molecule has 1 saturated heterocycles. The van der Waals surface area contributed by atoms with Crippen molar-refractivity contribution in [2.24, 2.45) is 0 Å². The third-order valence-corrected chi connectivity index (χ3v) is 1.57. The van der Waals surface area contributed by atoms with Gasteiger partial charge in [-0.2, -0.15) is 5.26 Å². The minimum atomic E-state index is -0.0698. The van der Waals surface area contributed by atoms with Crippen molar-refractivity contribution in [3.05, 3.63) is 0 Å². The summed E-state index contributed by atoms with van der Waals surface area (Å²) < 4.78 is 0. The number of carbonyl (C=O) groups is 1. The number of rotatable bonds is 0. The molecule has 54 valence electrons. The lowest BCUT2D eigenvalue weighted by atomic mass is 10.2. The van der Waals surface area contributed by atoms with Crippen molar-refractivity contribution in [2.75, 3.05) is 13.1 Å². The summed E-state index contributed by atoms with van der Waals surface area (Å²) in [6.07, 6.45) is 1.96. The molecule has 1 unspecified atom stereocenters. The van der Waals surface area contributed by atoms with E-state index in [9.17, 15) is 4.79 Å². The Kier molecular flexibility index (Phi) is 1.76. The zero-order chi connectivity index (χ0) is 7.56. The molecule has 1 amide bonds. The number of hydrogen-bond acceptors (Lipinski definition) is 3. The Morgan fingerprint density at radius 3 is 3.10 bits per heavy atom. The van der Waals surface area contributed by atoms with Crippen LogP contribution in [-0.2, 0) is 4.79 Å². The quantitative estimate of drug-likeness (QED) is 0.451. The van der Waals surface area contributed by atoms with Crippen molar-refractivity contribution in [3.8, 4) is 6.19 Å². The molecule has 1 atom stereocenters. The molecule has 0 bridgehead atoms. The topological polar surface area (TPSA) is 56.1 Å². The van der Waals surface area contributed by atoms with Gasteiger partial charge in [0.25, 0.3) is 0 Å². The van der Waals surface area contributed by atoms with Crippen LogP contribution in [0, 0.1) is 11.5 Å². The Bertz CT molecular complexity index is 184. The highest BCUT2D eigenvalue weighted by atomic mass is 16.2. The lowest BCUT2D eigenvalue weighted by molar-refractivity contribution is -0.124. The number of nitriles is 1. The van der Waals surface area contributed by atoms with Gasteiger partial charge < -0.3 is 5.32 Å². The van der Waals surface area contributed by atoms with Crippen LogP contribution in [0.25, 0.3) is 0 Å². The molecule has 4 heteroatoms. The fourth-order valence-corrected chi connectivity index (χ4v) is 0.872. The van der Waals surface area contributed by atoms with Crippen molar-refractivity contribution < 1.29 is 4.79 Å². The molecule has 0 aromatic carbocycles. The van der Waals surface area contributed by atoms with Gasteiger partial charge in [-0.3, -0.25) is 9.69 Å². The maximum absolute atomic E-state index is 10.7. The fourth-order valence-electron chi connectivity index (χ4n) is 0.872. The Morgan fingerprint density at radius 1 is 1.90 bits per heavy atom. The molecule has 0 aromatic heterocycles. The first-order valence-electron chi connectivity index (χ1n) is 3.17. The van der Waals surface area contributed by atoms with Gasteiger partial charge >= 0.3 is 0 Å². The number of amides is 1. The zero-order valence-corrected chi connectivity index (χ0v) is 5.79. The van der Waals surface area contributed by atoms with Crippen LogP contribution in [0.5, 0.6) is 0 Å². The summed E-state index contributed by atoms with van der Waals surface area (Å²) in [5.74, 6) is -0.0698. The van der Waals surface area contributed by atoms with Crippen LogP contribution in [0.4, 0.5) is 0 Å². The van der Waals surface area contributed by atoms with Crippen molar-refractivity contribution in [1.29, 1.82) is 5.26 Å². The maximum Gasteiger partial charge on any atom is 0.240 e. The predicted molar refractivity (Wildman–Crippen MR) is 34.8 cm³/mol.